The molecule has 0 bridgehead atoms. The molecule has 0 saturated carbocycles. The summed E-state index contributed by atoms with van der Waals surface area (Å²) in [5, 5.41) is 0. The summed E-state index contributed by atoms with van der Waals surface area (Å²) < 4.78 is 27.8. The van der Waals surface area contributed by atoms with Crippen molar-refractivity contribution < 1.29 is 42.9 Å². The first kappa shape index (κ1) is 52.0. The molecule has 0 fully saturated rings. The molecule has 54 heavy (non-hydrogen) atoms. The SMILES string of the molecule is CCCCCCCCCCCCCC(=O)OCC(COC(=O)CCCC(=O)C(C)(C)OCCC(C)(C)OC)OC(=O)CCCCCCCCCCCCC. The molecule has 1 atom stereocenters. The molecule has 0 amide bonds. The van der Waals surface area contributed by atoms with Gasteiger partial charge < -0.3 is 23.7 Å². The zero-order valence-electron chi connectivity index (χ0n) is 36.2. The fraction of sp³-hybridized carbons (Fsp3) is 0.911. The normalized spacial score (nSPS) is 12.4. The number of ketones is 1. The lowest BCUT2D eigenvalue weighted by molar-refractivity contribution is -0.167. The molecule has 0 heterocycles. The number of carbonyl (C=O) groups is 4. The lowest BCUT2D eigenvalue weighted by Crippen LogP contribution is -2.37. The van der Waals surface area contributed by atoms with Crippen LogP contribution in [-0.4, -0.2) is 67.9 Å². The number of esters is 3. The van der Waals surface area contributed by atoms with Gasteiger partial charge in [0.1, 0.15) is 18.8 Å². The van der Waals surface area contributed by atoms with Crippen LogP contribution in [0.5, 0.6) is 0 Å². The van der Waals surface area contributed by atoms with Crippen molar-refractivity contribution in [3.05, 3.63) is 0 Å². The van der Waals surface area contributed by atoms with Gasteiger partial charge in [-0.1, -0.05) is 142 Å². The van der Waals surface area contributed by atoms with Crippen molar-refractivity contribution in [2.24, 2.45) is 0 Å². The van der Waals surface area contributed by atoms with Gasteiger partial charge in [0.2, 0.25) is 0 Å². The largest absolute Gasteiger partial charge is 0.462 e. The number of carbonyl (C=O) groups excluding carboxylic acids is 4. The zero-order valence-corrected chi connectivity index (χ0v) is 36.2. The van der Waals surface area contributed by atoms with Crippen LogP contribution in [0.3, 0.4) is 0 Å². The van der Waals surface area contributed by atoms with Gasteiger partial charge in [0.05, 0.1) is 12.2 Å². The van der Waals surface area contributed by atoms with Crippen LogP contribution in [0, 0.1) is 0 Å². The van der Waals surface area contributed by atoms with Gasteiger partial charge in [-0.05, 0) is 53.4 Å². The predicted molar refractivity (Wildman–Crippen MR) is 219 cm³/mol. The summed E-state index contributed by atoms with van der Waals surface area (Å²) in [5.41, 5.74) is -1.31. The van der Waals surface area contributed by atoms with Gasteiger partial charge in [-0.15, -0.1) is 0 Å². The Balaban J connectivity index is 4.64. The molecular weight excluding hydrogens is 684 g/mol. The molecule has 0 aromatic heterocycles. The quantitative estimate of drug-likeness (QED) is 0.0342. The molecule has 1 unspecified atom stereocenters. The molecule has 0 N–H and O–H groups in total. The van der Waals surface area contributed by atoms with Gasteiger partial charge in [-0.2, -0.15) is 0 Å². The second kappa shape index (κ2) is 34.3. The Kier molecular flexibility index (Phi) is 33.0. The van der Waals surface area contributed by atoms with Gasteiger partial charge in [0.25, 0.3) is 0 Å². The minimum Gasteiger partial charge on any atom is -0.462 e. The highest BCUT2D eigenvalue weighted by Gasteiger charge is 2.29. The molecule has 0 saturated heterocycles. The van der Waals surface area contributed by atoms with E-state index in [2.05, 4.69) is 13.8 Å². The summed E-state index contributed by atoms with van der Waals surface area (Å²) in [4.78, 5) is 50.6. The Morgan fingerprint density at radius 2 is 0.852 bits per heavy atom. The smallest absolute Gasteiger partial charge is 0.306 e. The van der Waals surface area contributed by atoms with Gasteiger partial charge in [-0.3, -0.25) is 19.2 Å². The summed E-state index contributed by atoms with van der Waals surface area (Å²) in [7, 11) is 1.65. The zero-order chi connectivity index (χ0) is 40.3. The summed E-state index contributed by atoms with van der Waals surface area (Å²) in [6.45, 7) is 11.9. The molecule has 0 aromatic rings. The fourth-order valence-electron chi connectivity index (χ4n) is 6.17. The van der Waals surface area contributed by atoms with E-state index in [4.69, 9.17) is 23.7 Å². The van der Waals surface area contributed by atoms with E-state index >= 15 is 0 Å². The summed E-state index contributed by atoms with van der Waals surface area (Å²) in [6, 6.07) is 0. The molecule has 0 radical (unpaired) electrons. The van der Waals surface area contributed by atoms with Gasteiger partial charge in [-0.25, -0.2) is 0 Å². The Labute approximate surface area is 331 Å². The van der Waals surface area contributed by atoms with Gasteiger partial charge >= 0.3 is 17.9 Å². The lowest BCUT2D eigenvalue weighted by Gasteiger charge is -2.28. The summed E-state index contributed by atoms with van der Waals surface area (Å²) in [6.07, 6.45) is 27.1. The molecule has 0 rings (SSSR count). The predicted octanol–water partition coefficient (Wildman–Crippen LogP) is 11.7. The minimum atomic E-state index is -0.974. The highest BCUT2D eigenvalue weighted by atomic mass is 16.6. The molecule has 9 nitrogen and oxygen atoms in total. The van der Waals surface area contributed by atoms with Crippen molar-refractivity contribution in [2.75, 3.05) is 26.9 Å². The fourth-order valence-corrected chi connectivity index (χ4v) is 6.17. The van der Waals surface area contributed by atoms with Crippen LogP contribution < -0.4 is 0 Å². The maximum absolute atomic E-state index is 12.8. The first-order chi connectivity index (χ1) is 25.9. The molecule has 0 aliphatic heterocycles. The Bertz CT molecular complexity index is 945. The Morgan fingerprint density at radius 1 is 0.481 bits per heavy atom. The molecule has 0 aliphatic carbocycles. The van der Waals surface area contributed by atoms with Crippen LogP contribution in [0.2, 0.25) is 0 Å². The van der Waals surface area contributed by atoms with E-state index in [1.807, 2.05) is 13.8 Å². The van der Waals surface area contributed by atoms with Crippen molar-refractivity contribution >= 4 is 23.7 Å². The monoisotopic (exact) mass is 769 g/mol. The van der Waals surface area contributed by atoms with Crippen LogP contribution in [0.15, 0.2) is 0 Å². The molecule has 0 aromatic carbocycles. The average molecular weight is 769 g/mol. The van der Waals surface area contributed by atoms with Crippen molar-refractivity contribution in [2.45, 2.75) is 239 Å². The maximum atomic E-state index is 12.8. The van der Waals surface area contributed by atoms with Crippen LogP contribution in [0.1, 0.15) is 221 Å². The van der Waals surface area contributed by atoms with E-state index in [0.717, 1.165) is 38.5 Å². The number of methoxy groups -OCH3 is 1. The average Bonchev–Trinajstić information content (AvgIpc) is 3.13. The standard InChI is InChI=1S/C45H84O9/c1-8-10-12-14-16-18-20-22-24-26-28-32-41(47)51-37-39(54-43(49)33-29-27-25-23-21-19-17-15-13-11-9-2)38-52-42(48)34-30-31-40(46)45(5,6)53-36-35-44(3,4)50-7/h39H,8-38H2,1-7H3. The number of Topliss-reactive ketones (excluding diaryl/α,β-unsaturated/α-hetero) is 1. The molecular formula is C45H84O9. The van der Waals surface area contributed by atoms with Crippen molar-refractivity contribution in [1.29, 1.82) is 0 Å². The van der Waals surface area contributed by atoms with Crippen molar-refractivity contribution in [3.63, 3.8) is 0 Å². The van der Waals surface area contributed by atoms with E-state index in [9.17, 15) is 19.2 Å². The molecule has 0 aliphatic rings. The number of hydrogen-bond acceptors (Lipinski definition) is 9. The van der Waals surface area contributed by atoms with Crippen LogP contribution in [0.4, 0.5) is 0 Å². The minimum absolute atomic E-state index is 0.0383. The summed E-state index contributed by atoms with van der Waals surface area (Å²) >= 11 is 0. The number of hydrogen-bond donors (Lipinski definition) is 0. The highest BCUT2D eigenvalue weighted by molar-refractivity contribution is 5.86. The Morgan fingerprint density at radius 3 is 1.26 bits per heavy atom. The second-order valence-electron chi connectivity index (χ2n) is 16.4. The number of unbranched alkanes of at least 4 members (excludes halogenated alkanes) is 20. The maximum Gasteiger partial charge on any atom is 0.306 e. The van der Waals surface area contributed by atoms with E-state index in [-0.39, 0.29) is 55.8 Å². The topological polar surface area (TPSA) is 114 Å². The van der Waals surface area contributed by atoms with Crippen molar-refractivity contribution in [3.8, 4) is 0 Å². The molecule has 9 heteroatoms. The van der Waals surface area contributed by atoms with Crippen LogP contribution in [0.25, 0.3) is 0 Å². The highest BCUT2D eigenvalue weighted by Crippen LogP contribution is 2.20. The third-order valence-corrected chi connectivity index (χ3v) is 10.3. The lowest BCUT2D eigenvalue weighted by atomic mass is 9.98. The third-order valence-electron chi connectivity index (χ3n) is 10.3. The van der Waals surface area contributed by atoms with Crippen molar-refractivity contribution in [1.82, 2.24) is 0 Å². The summed E-state index contributed by atoms with van der Waals surface area (Å²) in [5.74, 6) is -1.31. The van der Waals surface area contributed by atoms with E-state index < -0.39 is 17.7 Å². The molecule has 0 spiro atoms. The number of ether oxygens (including phenoxy) is 5. The van der Waals surface area contributed by atoms with Crippen LogP contribution >= 0.6 is 0 Å². The van der Waals surface area contributed by atoms with E-state index in [1.54, 1.807) is 21.0 Å². The van der Waals surface area contributed by atoms with Gasteiger partial charge in [0, 0.05) is 32.8 Å². The second-order valence-corrected chi connectivity index (χ2v) is 16.4. The first-order valence-electron chi connectivity index (χ1n) is 22.1. The van der Waals surface area contributed by atoms with E-state index in [1.165, 1.54) is 103 Å². The van der Waals surface area contributed by atoms with Crippen LogP contribution in [-0.2, 0) is 42.9 Å². The van der Waals surface area contributed by atoms with E-state index in [0.29, 0.717) is 25.9 Å². The van der Waals surface area contributed by atoms with Gasteiger partial charge in [0.15, 0.2) is 11.9 Å². The Hall–Kier alpha value is -2.00. The third kappa shape index (κ3) is 32.3. The first-order valence-corrected chi connectivity index (χ1v) is 22.1. The number of rotatable bonds is 39. The molecule has 318 valence electrons.